The van der Waals surface area contributed by atoms with Crippen LogP contribution in [0.1, 0.15) is 0 Å². The van der Waals surface area contributed by atoms with Crippen LogP contribution in [0.15, 0.2) is 143 Å². The van der Waals surface area contributed by atoms with Gasteiger partial charge in [0.05, 0.1) is 16.7 Å². The smallest absolute Gasteiger partial charge is 0.131 e. The molecule has 0 saturated heterocycles. The molecule has 196 valence electrons. The highest BCUT2D eigenvalue weighted by atomic mass is 32.2. The highest BCUT2D eigenvalue weighted by Gasteiger charge is 2.27. The SMILES string of the molecule is c1cc(-c2cccc3sc4ccccc4c23)cc(-n2c3ccccc3c3c4cccc5c4n(c32)-c2ccccc2S5)c1. The Bertz CT molecular complexity index is 2560. The second-order valence-corrected chi connectivity index (χ2v) is 13.1. The van der Waals surface area contributed by atoms with Gasteiger partial charge in [0.25, 0.3) is 0 Å². The minimum absolute atomic E-state index is 1.17. The van der Waals surface area contributed by atoms with Crippen molar-refractivity contribution < 1.29 is 0 Å². The Labute approximate surface area is 250 Å². The molecule has 1 aliphatic rings. The van der Waals surface area contributed by atoms with Crippen LogP contribution in [-0.2, 0) is 0 Å². The second-order valence-electron chi connectivity index (χ2n) is 10.9. The number of para-hydroxylation sites is 3. The Balaban J connectivity index is 1.33. The maximum Gasteiger partial charge on any atom is 0.131 e. The number of rotatable bonds is 2. The Morgan fingerprint density at radius 1 is 0.500 bits per heavy atom. The molecule has 0 aliphatic carbocycles. The summed E-state index contributed by atoms with van der Waals surface area (Å²) >= 11 is 3.75. The lowest BCUT2D eigenvalue weighted by atomic mass is 9.99. The standard InChI is InChI=1S/C38H22N2S2/c1-3-16-29-26(12-1)36-28-15-9-21-34-37(28)40(30-17-4-6-19-32(30)42-34)38(36)39(29)24-11-7-10-23(22-24)25-14-8-20-33-35(25)27-13-2-5-18-31(27)41-33/h1-22H. The van der Waals surface area contributed by atoms with Crippen molar-refractivity contribution >= 4 is 76.1 Å². The van der Waals surface area contributed by atoms with E-state index in [0.717, 1.165) is 0 Å². The summed E-state index contributed by atoms with van der Waals surface area (Å²) in [7, 11) is 0. The van der Waals surface area contributed by atoms with Crippen molar-refractivity contribution in [3.63, 3.8) is 0 Å². The van der Waals surface area contributed by atoms with Gasteiger partial charge in [0.1, 0.15) is 5.65 Å². The van der Waals surface area contributed by atoms with E-state index in [4.69, 9.17) is 0 Å². The van der Waals surface area contributed by atoms with Crippen LogP contribution in [0.2, 0.25) is 0 Å². The van der Waals surface area contributed by atoms with Crippen molar-refractivity contribution in [3.05, 3.63) is 133 Å². The molecule has 6 aromatic carbocycles. The highest BCUT2D eigenvalue weighted by Crippen LogP contribution is 2.49. The van der Waals surface area contributed by atoms with Crippen LogP contribution in [0.4, 0.5) is 0 Å². The fraction of sp³-hybridized carbons (Fsp3) is 0. The van der Waals surface area contributed by atoms with Crippen LogP contribution in [0, 0.1) is 0 Å². The number of aromatic nitrogens is 2. The summed E-state index contributed by atoms with van der Waals surface area (Å²) in [5.74, 6) is 0. The number of hydrogen-bond acceptors (Lipinski definition) is 2. The molecule has 0 saturated carbocycles. The lowest BCUT2D eigenvalue weighted by Crippen LogP contribution is -2.05. The molecule has 0 unspecified atom stereocenters. The van der Waals surface area contributed by atoms with E-state index in [0.29, 0.717) is 0 Å². The van der Waals surface area contributed by atoms with Crippen molar-refractivity contribution in [1.29, 1.82) is 0 Å². The van der Waals surface area contributed by atoms with Crippen molar-refractivity contribution in [3.8, 4) is 22.5 Å². The first kappa shape index (κ1) is 22.9. The number of hydrogen-bond donors (Lipinski definition) is 0. The quantitative estimate of drug-likeness (QED) is 0.201. The van der Waals surface area contributed by atoms with E-state index < -0.39 is 0 Å². The molecule has 4 heteroatoms. The molecule has 2 nitrogen and oxygen atoms in total. The Kier molecular flexibility index (Phi) is 4.57. The Morgan fingerprint density at radius 3 is 2.21 bits per heavy atom. The molecule has 0 radical (unpaired) electrons. The van der Waals surface area contributed by atoms with E-state index in [1.165, 1.54) is 85.3 Å². The maximum atomic E-state index is 2.51. The normalized spacial score (nSPS) is 12.7. The number of thiophene rings is 1. The van der Waals surface area contributed by atoms with E-state index >= 15 is 0 Å². The number of fused-ring (bicyclic) bond motifs is 10. The molecule has 9 aromatic rings. The Morgan fingerprint density at radius 2 is 1.24 bits per heavy atom. The molecule has 3 aromatic heterocycles. The zero-order chi connectivity index (χ0) is 27.4. The van der Waals surface area contributed by atoms with Gasteiger partial charge in [-0.1, -0.05) is 96.7 Å². The molecule has 4 heterocycles. The zero-order valence-corrected chi connectivity index (χ0v) is 24.0. The van der Waals surface area contributed by atoms with Crippen LogP contribution >= 0.6 is 23.1 Å². The summed E-state index contributed by atoms with van der Waals surface area (Å²) in [6.07, 6.45) is 0. The molecule has 42 heavy (non-hydrogen) atoms. The minimum atomic E-state index is 1.17. The average Bonchev–Trinajstić information content (AvgIpc) is 3.70. The third-order valence-corrected chi connectivity index (χ3v) is 10.9. The van der Waals surface area contributed by atoms with E-state index in [1.54, 1.807) is 0 Å². The van der Waals surface area contributed by atoms with Gasteiger partial charge >= 0.3 is 0 Å². The fourth-order valence-electron chi connectivity index (χ4n) is 7.02. The van der Waals surface area contributed by atoms with Gasteiger partial charge in [-0.05, 0) is 59.7 Å². The van der Waals surface area contributed by atoms with Gasteiger partial charge in [-0.15, -0.1) is 11.3 Å². The molecule has 0 amide bonds. The Hall–Kier alpha value is -4.77. The van der Waals surface area contributed by atoms with Crippen molar-refractivity contribution in [2.24, 2.45) is 0 Å². The largest absolute Gasteiger partial charge is 0.295 e. The first-order valence-electron chi connectivity index (χ1n) is 14.2. The molecule has 0 atom stereocenters. The molecule has 0 bridgehead atoms. The molecule has 0 N–H and O–H groups in total. The summed E-state index contributed by atoms with van der Waals surface area (Å²) in [4.78, 5) is 2.60. The van der Waals surface area contributed by atoms with Crippen LogP contribution < -0.4 is 0 Å². The first-order valence-corrected chi connectivity index (χ1v) is 15.8. The van der Waals surface area contributed by atoms with Crippen molar-refractivity contribution in [1.82, 2.24) is 9.13 Å². The lowest BCUT2D eigenvalue weighted by Gasteiger charge is -2.21. The predicted molar refractivity (Wildman–Crippen MR) is 180 cm³/mol. The molecule has 0 spiro atoms. The van der Waals surface area contributed by atoms with Gasteiger partial charge in [0.15, 0.2) is 0 Å². The summed E-state index contributed by atoms with van der Waals surface area (Å²) in [5.41, 5.74) is 8.69. The predicted octanol–water partition coefficient (Wildman–Crippen LogP) is 11.2. The van der Waals surface area contributed by atoms with Crippen LogP contribution in [0.25, 0.3) is 75.5 Å². The second kappa shape index (κ2) is 8.39. The number of nitrogens with zero attached hydrogens (tertiary/aromatic N) is 2. The van der Waals surface area contributed by atoms with Crippen molar-refractivity contribution in [2.75, 3.05) is 0 Å². The van der Waals surface area contributed by atoms with Crippen LogP contribution in [-0.4, -0.2) is 9.13 Å². The van der Waals surface area contributed by atoms with Gasteiger partial charge in [-0.2, -0.15) is 0 Å². The molecule has 1 aliphatic heterocycles. The lowest BCUT2D eigenvalue weighted by molar-refractivity contribution is 1.03. The topological polar surface area (TPSA) is 9.86 Å². The number of benzene rings is 6. The fourth-order valence-corrected chi connectivity index (χ4v) is 9.24. The van der Waals surface area contributed by atoms with E-state index in [1.807, 2.05) is 23.1 Å². The van der Waals surface area contributed by atoms with Crippen molar-refractivity contribution in [2.45, 2.75) is 9.79 Å². The van der Waals surface area contributed by atoms with Gasteiger partial charge in [-0.25, -0.2) is 0 Å². The summed E-state index contributed by atoms with van der Waals surface area (Å²) in [5, 5.41) is 6.59. The van der Waals surface area contributed by atoms with E-state index in [9.17, 15) is 0 Å². The van der Waals surface area contributed by atoms with Gasteiger partial charge in [-0.3, -0.25) is 9.13 Å². The van der Waals surface area contributed by atoms with Gasteiger partial charge in [0, 0.05) is 51.8 Å². The molecule has 0 fully saturated rings. The van der Waals surface area contributed by atoms with E-state index in [2.05, 4.69) is 143 Å². The third kappa shape index (κ3) is 2.95. The summed E-state index contributed by atoms with van der Waals surface area (Å²) < 4.78 is 7.65. The summed E-state index contributed by atoms with van der Waals surface area (Å²) in [6.45, 7) is 0. The zero-order valence-electron chi connectivity index (χ0n) is 22.4. The van der Waals surface area contributed by atoms with Crippen LogP contribution in [0.3, 0.4) is 0 Å². The van der Waals surface area contributed by atoms with Crippen LogP contribution in [0.5, 0.6) is 0 Å². The summed E-state index contributed by atoms with van der Waals surface area (Å²) in [6, 6.07) is 49.1. The average molecular weight is 571 g/mol. The maximum absolute atomic E-state index is 2.51. The highest BCUT2D eigenvalue weighted by molar-refractivity contribution is 7.99. The third-order valence-electron chi connectivity index (χ3n) is 8.70. The monoisotopic (exact) mass is 570 g/mol. The minimum Gasteiger partial charge on any atom is -0.295 e. The van der Waals surface area contributed by atoms with Gasteiger partial charge < -0.3 is 0 Å². The first-order chi connectivity index (χ1) is 20.8. The molecular formula is C38H22N2S2. The molecule has 10 rings (SSSR count). The molecular weight excluding hydrogens is 549 g/mol. The van der Waals surface area contributed by atoms with E-state index in [-0.39, 0.29) is 0 Å². The van der Waals surface area contributed by atoms with Gasteiger partial charge in [0.2, 0.25) is 0 Å².